The fourth-order valence-corrected chi connectivity index (χ4v) is 5.21. The summed E-state index contributed by atoms with van der Waals surface area (Å²) in [7, 11) is 0. The van der Waals surface area contributed by atoms with Crippen LogP contribution in [0.15, 0.2) is 65.5 Å². The van der Waals surface area contributed by atoms with Crippen LogP contribution in [0.2, 0.25) is 0 Å². The standard InChI is InChI=1S/C29H23FN6O4/c1-3-14-35-22-12-13-24(31-2)32-25(22)27(28(29(35)38)36(39)40)34-17-15-33(16-18-34)26(19-8-10-20(30)11-9-19)21-6-4-5-7-23(21)37/h1,4-13,26,37H,14-18H2. The van der Waals surface area contributed by atoms with Crippen molar-refractivity contribution in [3.05, 3.63) is 109 Å². The molecule has 0 radical (unpaired) electrons. The Morgan fingerprint density at radius 3 is 2.45 bits per heavy atom. The van der Waals surface area contributed by atoms with E-state index in [-0.39, 0.29) is 48.2 Å². The van der Waals surface area contributed by atoms with Crippen molar-refractivity contribution in [2.24, 2.45) is 0 Å². The molecule has 4 aromatic rings. The summed E-state index contributed by atoms with van der Waals surface area (Å²) in [5, 5.41) is 22.9. The van der Waals surface area contributed by atoms with Gasteiger partial charge in [-0.2, -0.15) is 0 Å². The van der Waals surface area contributed by atoms with E-state index in [0.717, 1.165) is 10.1 Å². The number of nitrogens with zero attached hydrogens (tertiary/aromatic N) is 6. The van der Waals surface area contributed by atoms with Crippen LogP contribution < -0.4 is 10.5 Å². The minimum Gasteiger partial charge on any atom is -0.508 e. The van der Waals surface area contributed by atoms with Gasteiger partial charge in [-0.15, -0.1) is 11.4 Å². The van der Waals surface area contributed by atoms with Gasteiger partial charge in [0.15, 0.2) is 5.69 Å². The lowest BCUT2D eigenvalue weighted by molar-refractivity contribution is -0.385. The lowest BCUT2D eigenvalue weighted by Crippen LogP contribution is -2.48. The topological polar surface area (TPSA) is 109 Å². The molecule has 1 N–H and O–H groups in total. The first-order valence-corrected chi connectivity index (χ1v) is 12.4. The van der Waals surface area contributed by atoms with Gasteiger partial charge < -0.3 is 14.9 Å². The largest absolute Gasteiger partial charge is 0.508 e. The van der Waals surface area contributed by atoms with Gasteiger partial charge in [-0.25, -0.2) is 4.39 Å². The molecule has 0 spiro atoms. The van der Waals surface area contributed by atoms with Gasteiger partial charge in [-0.1, -0.05) is 42.8 Å². The van der Waals surface area contributed by atoms with Crippen LogP contribution in [0.25, 0.3) is 15.9 Å². The molecule has 11 heteroatoms. The number of halogens is 1. The van der Waals surface area contributed by atoms with Crippen LogP contribution in [0.1, 0.15) is 17.2 Å². The van der Waals surface area contributed by atoms with E-state index < -0.39 is 22.2 Å². The number of hydrogen-bond acceptors (Lipinski definition) is 7. The molecule has 200 valence electrons. The molecule has 0 saturated carbocycles. The van der Waals surface area contributed by atoms with Crippen molar-refractivity contribution in [3.8, 4) is 18.1 Å². The molecule has 1 unspecified atom stereocenters. The number of aromatic nitrogens is 2. The zero-order valence-electron chi connectivity index (χ0n) is 21.2. The number of piperazine rings is 1. The summed E-state index contributed by atoms with van der Waals surface area (Å²) in [6.07, 6.45) is 5.44. The van der Waals surface area contributed by atoms with E-state index in [1.54, 1.807) is 35.2 Å². The van der Waals surface area contributed by atoms with Crippen molar-refractivity contribution < 1.29 is 14.4 Å². The highest BCUT2D eigenvalue weighted by molar-refractivity contribution is 5.94. The zero-order chi connectivity index (χ0) is 28.4. The highest BCUT2D eigenvalue weighted by Gasteiger charge is 2.35. The lowest BCUT2D eigenvalue weighted by atomic mass is 9.95. The minimum absolute atomic E-state index is 0.0310. The number of nitro groups is 1. The van der Waals surface area contributed by atoms with Gasteiger partial charge in [0.2, 0.25) is 5.52 Å². The summed E-state index contributed by atoms with van der Waals surface area (Å²) in [6, 6.07) is 15.5. The molecule has 2 aromatic heterocycles. The Kier molecular flexibility index (Phi) is 7.15. The van der Waals surface area contributed by atoms with Gasteiger partial charge in [-0.05, 0) is 35.9 Å². The van der Waals surface area contributed by atoms with Crippen LogP contribution in [-0.4, -0.2) is 50.7 Å². The molecule has 1 saturated heterocycles. The first-order chi connectivity index (χ1) is 19.3. The quantitative estimate of drug-likeness (QED) is 0.169. The number of benzene rings is 2. The van der Waals surface area contributed by atoms with E-state index in [1.165, 1.54) is 24.3 Å². The number of anilines is 1. The van der Waals surface area contributed by atoms with Crippen LogP contribution in [0.4, 0.5) is 21.6 Å². The molecule has 1 aliphatic heterocycles. The van der Waals surface area contributed by atoms with Crippen LogP contribution >= 0.6 is 0 Å². The number of phenolic OH excluding ortho intramolecular Hbond substituents is 1. The van der Waals surface area contributed by atoms with E-state index in [2.05, 4.69) is 20.6 Å². The lowest BCUT2D eigenvalue weighted by Gasteiger charge is -2.40. The molecular formula is C29H23FN6O4. The van der Waals surface area contributed by atoms with Crippen molar-refractivity contribution in [1.82, 2.24) is 14.5 Å². The average molecular weight is 539 g/mol. The fraction of sp³-hybridized carbons (Fsp3) is 0.207. The Bertz CT molecular complexity index is 1750. The molecule has 40 heavy (non-hydrogen) atoms. The second-order valence-electron chi connectivity index (χ2n) is 9.23. The molecule has 0 bridgehead atoms. The maximum absolute atomic E-state index is 13.7. The summed E-state index contributed by atoms with van der Waals surface area (Å²) in [5.74, 6) is 2.10. The maximum atomic E-state index is 13.7. The van der Waals surface area contributed by atoms with E-state index in [4.69, 9.17) is 13.0 Å². The van der Waals surface area contributed by atoms with E-state index >= 15 is 0 Å². The predicted octanol–water partition coefficient (Wildman–Crippen LogP) is 4.24. The zero-order valence-corrected chi connectivity index (χ0v) is 21.2. The minimum atomic E-state index is -0.844. The first kappa shape index (κ1) is 26.4. The Labute approximate surface area is 228 Å². The first-order valence-electron chi connectivity index (χ1n) is 12.4. The molecular weight excluding hydrogens is 515 g/mol. The highest BCUT2D eigenvalue weighted by atomic mass is 19.1. The van der Waals surface area contributed by atoms with Crippen LogP contribution in [-0.2, 0) is 6.54 Å². The number of hydrogen-bond donors (Lipinski definition) is 1. The van der Waals surface area contributed by atoms with Crippen molar-refractivity contribution in [2.45, 2.75) is 12.6 Å². The number of para-hydroxylation sites is 1. The fourth-order valence-electron chi connectivity index (χ4n) is 5.21. The van der Waals surface area contributed by atoms with Crippen LogP contribution in [0, 0.1) is 34.8 Å². The second-order valence-corrected chi connectivity index (χ2v) is 9.23. The maximum Gasteiger partial charge on any atom is 0.361 e. The number of aromatic hydroxyl groups is 1. The van der Waals surface area contributed by atoms with Gasteiger partial charge >= 0.3 is 11.2 Å². The molecule has 2 aromatic carbocycles. The smallest absolute Gasteiger partial charge is 0.361 e. The second kappa shape index (κ2) is 10.8. The van der Waals surface area contributed by atoms with Crippen molar-refractivity contribution in [2.75, 3.05) is 31.1 Å². The third-order valence-corrected chi connectivity index (χ3v) is 7.01. The van der Waals surface area contributed by atoms with Crippen LogP contribution in [0.5, 0.6) is 5.75 Å². The average Bonchev–Trinajstić information content (AvgIpc) is 2.96. The Hall–Kier alpha value is -5.26. The SMILES string of the molecule is [C-]#[N+]c1ccc2c(n1)c(N1CCN(C(c3ccc(F)cc3)c3ccccc3O)CC1)c([N+](=O)[O-])c(=O)n2CC#C. The number of phenols is 1. The number of pyridine rings is 2. The molecule has 5 rings (SSSR count). The summed E-state index contributed by atoms with van der Waals surface area (Å²) in [6.45, 7) is 8.54. The monoisotopic (exact) mass is 538 g/mol. The van der Waals surface area contributed by atoms with E-state index in [1.807, 2.05) is 6.07 Å². The Morgan fingerprint density at radius 1 is 1.12 bits per heavy atom. The predicted molar refractivity (Wildman–Crippen MR) is 148 cm³/mol. The highest BCUT2D eigenvalue weighted by Crippen LogP contribution is 2.38. The van der Waals surface area contributed by atoms with E-state index in [9.17, 15) is 24.4 Å². The van der Waals surface area contributed by atoms with Crippen molar-refractivity contribution in [3.63, 3.8) is 0 Å². The summed E-state index contributed by atoms with van der Waals surface area (Å²) in [4.78, 5) is 36.3. The third-order valence-electron chi connectivity index (χ3n) is 7.01. The summed E-state index contributed by atoms with van der Waals surface area (Å²) in [5.41, 5.74) is 0.415. The van der Waals surface area contributed by atoms with Gasteiger partial charge in [0.1, 0.15) is 11.6 Å². The van der Waals surface area contributed by atoms with E-state index in [0.29, 0.717) is 24.2 Å². The molecule has 0 aliphatic carbocycles. The number of rotatable bonds is 6. The molecule has 10 nitrogen and oxygen atoms in total. The molecule has 3 heterocycles. The Morgan fingerprint density at radius 2 is 1.82 bits per heavy atom. The normalized spacial score (nSPS) is 14.4. The van der Waals surface area contributed by atoms with Gasteiger partial charge in [0.25, 0.3) is 5.82 Å². The summed E-state index contributed by atoms with van der Waals surface area (Å²) < 4.78 is 14.8. The Balaban J connectivity index is 1.58. The van der Waals surface area contributed by atoms with Gasteiger partial charge in [-0.3, -0.25) is 24.4 Å². The number of fused-ring (bicyclic) bond motifs is 1. The molecule has 1 aliphatic rings. The third kappa shape index (κ3) is 4.70. The molecule has 0 amide bonds. The number of terminal acetylenes is 1. The van der Waals surface area contributed by atoms with Crippen molar-refractivity contribution in [1.29, 1.82) is 0 Å². The van der Waals surface area contributed by atoms with Crippen LogP contribution in [0.3, 0.4) is 0 Å². The summed E-state index contributed by atoms with van der Waals surface area (Å²) >= 11 is 0. The van der Waals surface area contributed by atoms with Gasteiger partial charge in [0.05, 0.1) is 23.0 Å². The molecule has 1 fully saturated rings. The van der Waals surface area contributed by atoms with Gasteiger partial charge in [0, 0.05) is 31.7 Å². The van der Waals surface area contributed by atoms with Crippen molar-refractivity contribution >= 4 is 28.2 Å². The molecule has 1 atom stereocenters.